The molecule has 2 aliphatic carbocycles. The summed E-state index contributed by atoms with van der Waals surface area (Å²) in [5, 5.41) is 5.63. The fourth-order valence-corrected chi connectivity index (χ4v) is 9.54. The van der Waals surface area contributed by atoms with E-state index in [0.29, 0.717) is 10.8 Å². The van der Waals surface area contributed by atoms with Gasteiger partial charge in [-0.3, -0.25) is 0 Å². The number of fused-ring (bicyclic) bond motifs is 2. The molecule has 8 rings (SSSR count). The van der Waals surface area contributed by atoms with Gasteiger partial charge in [-0.2, -0.15) is 12.1 Å². The van der Waals surface area contributed by atoms with Crippen LogP contribution in [0.4, 0.5) is 0 Å². The fourth-order valence-electron chi connectivity index (χ4n) is 9.54. The van der Waals surface area contributed by atoms with Gasteiger partial charge in [-0.25, -0.2) is 0 Å². The molecule has 0 amide bonds. The SMILES string of the molecule is CCC1(Cc2cc3c(-c4ccccc4C(C)(C)C)cccc3[cH-]2)CCC1.CCC1(Cc2cc3c(-c4ccccc4C(C)(C)C)cccc3[cH-]2)CCC1.Cl.Cl.[CH3-].[CH3-].[Si]=[Zr]. The van der Waals surface area contributed by atoms with E-state index in [-0.39, 0.29) is 50.5 Å². The molecule has 0 unspecified atom stereocenters. The summed E-state index contributed by atoms with van der Waals surface area (Å²) in [5.41, 5.74) is 12.9. The Morgan fingerprint density at radius 2 is 0.845 bits per heavy atom. The fraction of sp³-hybridized carbons (Fsp3) is 0.407. The monoisotopic (exact) mass is 906 g/mol. The summed E-state index contributed by atoms with van der Waals surface area (Å²) in [5.74, 6) is 0. The second-order valence-electron chi connectivity index (χ2n) is 18.7. The Balaban J connectivity index is 0.000000360. The summed E-state index contributed by atoms with van der Waals surface area (Å²) < 4.78 is 0. The third kappa shape index (κ3) is 11.2. The molecule has 0 saturated heterocycles. The Labute approximate surface area is 383 Å². The summed E-state index contributed by atoms with van der Waals surface area (Å²) in [4.78, 5) is 0. The van der Waals surface area contributed by atoms with E-state index in [1.807, 2.05) is 0 Å². The van der Waals surface area contributed by atoms with Crippen LogP contribution in [0.3, 0.4) is 0 Å². The first kappa shape index (κ1) is 51.9. The van der Waals surface area contributed by atoms with Crippen LogP contribution in [0.5, 0.6) is 0 Å². The zero-order valence-corrected chi connectivity index (χ0v) is 42.4. The molecule has 0 aliphatic heterocycles. The van der Waals surface area contributed by atoms with E-state index in [2.05, 4.69) is 171 Å². The van der Waals surface area contributed by atoms with Crippen LogP contribution in [0.25, 0.3) is 43.8 Å². The summed E-state index contributed by atoms with van der Waals surface area (Å²) >= 11 is 1.36. The third-order valence-electron chi connectivity index (χ3n) is 13.2. The molecule has 0 nitrogen and oxygen atoms in total. The van der Waals surface area contributed by atoms with Gasteiger partial charge in [-0.05, 0) is 82.4 Å². The summed E-state index contributed by atoms with van der Waals surface area (Å²) in [6.45, 7) is 21.7. The molecule has 2 fully saturated rings. The standard InChI is InChI=1S/2C26H31.2CH3.2ClH.Si.Zr/c2*1-5-26(14-9-15-26)18-19-16-20-10-8-12-21(23(20)17-19)22-11-6-7-13-24(22)25(2,3)4;;;;;;/h2*6-8,10-13,16-17H,5,9,14-15,18H2,1-4H3;2*1H3;2*1H;;/q4*-1;;;;. The molecule has 58 heavy (non-hydrogen) atoms. The second-order valence-corrected chi connectivity index (χ2v) is 18.7. The predicted octanol–water partition coefficient (Wildman–Crippen LogP) is 16.7. The maximum absolute atomic E-state index is 3.06. The second kappa shape index (κ2) is 21.5. The molecule has 6 aromatic carbocycles. The van der Waals surface area contributed by atoms with Gasteiger partial charge in [0.1, 0.15) is 0 Å². The van der Waals surface area contributed by atoms with Gasteiger partial charge in [-0.15, -0.1) is 93.9 Å². The topological polar surface area (TPSA) is 0 Å². The first-order chi connectivity index (χ1) is 25.8. The Hall–Kier alpha value is -2.22. The number of rotatable bonds is 8. The van der Waals surface area contributed by atoms with Gasteiger partial charge in [0.2, 0.25) is 0 Å². The molecule has 0 spiro atoms. The van der Waals surface area contributed by atoms with Crippen LogP contribution in [-0.2, 0) is 47.0 Å². The maximum atomic E-state index is 3.06. The van der Waals surface area contributed by atoms with Gasteiger partial charge < -0.3 is 14.9 Å². The van der Waals surface area contributed by atoms with Crippen molar-refractivity contribution in [2.75, 3.05) is 0 Å². The van der Waals surface area contributed by atoms with E-state index < -0.39 is 0 Å². The molecular weight excluding hydrogens is 839 g/mol. The van der Waals surface area contributed by atoms with Crippen LogP contribution in [-0.4, -0.2) is 6.88 Å². The quantitative estimate of drug-likeness (QED) is 0.105. The molecule has 312 valence electrons. The molecule has 0 aromatic heterocycles. The molecule has 4 heteroatoms. The van der Waals surface area contributed by atoms with Gasteiger partial charge in [0, 0.05) is 0 Å². The average Bonchev–Trinajstić information content (AvgIpc) is 3.75. The van der Waals surface area contributed by atoms with Crippen LogP contribution < -0.4 is 0 Å². The van der Waals surface area contributed by atoms with Crippen LogP contribution in [0.1, 0.15) is 129 Å². The van der Waals surface area contributed by atoms with Gasteiger partial charge >= 0.3 is 30.2 Å². The Morgan fingerprint density at radius 1 is 0.517 bits per heavy atom. The van der Waals surface area contributed by atoms with Crippen molar-refractivity contribution in [3.8, 4) is 22.3 Å². The van der Waals surface area contributed by atoms with E-state index in [1.54, 1.807) is 0 Å². The molecule has 2 saturated carbocycles. The van der Waals surface area contributed by atoms with E-state index >= 15 is 0 Å². The van der Waals surface area contributed by atoms with Gasteiger partial charge in [0.15, 0.2) is 0 Å². The molecular formula is C54H70Cl2SiZr-4. The van der Waals surface area contributed by atoms with Crippen LogP contribution >= 0.6 is 24.8 Å². The first-order valence-corrected chi connectivity index (χ1v) is 24.8. The van der Waals surface area contributed by atoms with Crippen molar-refractivity contribution in [3.63, 3.8) is 0 Å². The molecule has 0 bridgehead atoms. The van der Waals surface area contributed by atoms with E-state index in [1.165, 1.54) is 154 Å². The minimum atomic E-state index is 0. The van der Waals surface area contributed by atoms with Crippen molar-refractivity contribution >= 4 is 53.2 Å². The molecule has 6 aromatic rings. The first-order valence-electron chi connectivity index (χ1n) is 20.7. The van der Waals surface area contributed by atoms with Crippen molar-refractivity contribution in [2.24, 2.45) is 10.8 Å². The Bertz CT molecular complexity index is 2010. The average molecular weight is 909 g/mol. The zero-order valence-electron chi connectivity index (χ0n) is 37.3. The predicted molar refractivity (Wildman–Crippen MR) is 261 cm³/mol. The number of halogens is 2. The molecule has 2 aliphatic rings. The third-order valence-corrected chi connectivity index (χ3v) is 13.2. The van der Waals surface area contributed by atoms with Gasteiger partial charge in [0.05, 0.1) is 0 Å². The summed E-state index contributed by atoms with van der Waals surface area (Å²) in [6.07, 6.45) is 13.6. The van der Waals surface area contributed by atoms with Crippen LogP contribution in [0.15, 0.2) is 109 Å². The van der Waals surface area contributed by atoms with Crippen molar-refractivity contribution < 1.29 is 23.3 Å². The van der Waals surface area contributed by atoms with Crippen LogP contribution in [0, 0.1) is 25.7 Å². The van der Waals surface area contributed by atoms with Crippen molar-refractivity contribution in [1.29, 1.82) is 0 Å². The van der Waals surface area contributed by atoms with Crippen LogP contribution in [0.2, 0.25) is 0 Å². The number of benzene rings is 4. The Morgan fingerprint density at radius 3 is 1.14 bits per heavy atom. The molecule has 0 heterocycles. The minimum absolute atomic E-state index is 0. The zero-order chi connectivity index (χ0) is 38.7. The van der Waals surface area contributed by atoms with E-state index in [9.17, 15) is 0 Å². The molecule has 0 N–H and O–H groups in total. The van der Waals surface area contributed by atoms with E-state index in [4.69, 9.17) is 0 Å². The van der Waals surface area contributed by atoms with Crippen molar-refractivity contribution in [3.05, 3.63) is 146 Å². The van der Waals surface area contributed by atoms with Crippen molar-refractivity contribution in [2.45, 2.75) is 130 Å². The molecule has 0 atom stereocenters. The Kier molecular flexibility index (Phi) is 19.3. The summed E-state index contributed by atoms with van der Waals surface area (Å²) in [7, 11) is 0. The van der Waals surface area contributed by atoms with Gasteiger partial charge in [0.25, 0.3) is 0 Å². The summed E-state index contributed by atoms with van der Waals surface area (Å²) in [6, 6.07) is 41.3. The number of hydrogen-bond acceptors (Lipinski definition) is 0. The van der Waals surface area contributed by atoms with Gasteiger partial charge in [-0.1, -0.05) is 153 Å². The molecule has 2 radical (unpaired) electrons. The number of hydrogen-bond donors (Lipinski definition) is 0. The van der Waals surface area contributed by atoms with Crippen molar-refractivity contribution in [1.82, 2.24) is 0 Å². The normalized spacial score (nSPS) is 14.9. The van der Waals surface area contributed by atoms with E-state index in [0.717, 1.165) is 0 Å².